The van der Waals surface area contributed by atoms with Crippen molar-refractivity contribution in [2.24, 2.45) is 0 Å². The van der Waals surface area contributed by atoms with Gasteiger partial charge in [-0.3, -0.25) is 19.7 Å². The first-order chi connectivity index (χ1) is 17.9. The smallest absolute Gasteiger partial charge is 0.269 e. The molecule has 0 radical (unpaired) electrons. The zero-order chi connectivity index (χ0) is 25.9. The van der Waals surface area contributed by atoms with Crippen LogP contribution in [0.4, 0.5) is 10.1 Å². The molecule has 3 aromatic carbocycles. The number of nitrogens with one attached hydrogen (secondary N) is 1. The highest BCUT2D eigenvalue weighted by Crippen LogP contribution is 2.30. The Morgan fingerprint density at radius 2 is 1.86 bits per heavy atom. The number of nitro groups is 1. The highest BCUT2D eigenvalue weighted by Gasteiger charge is 2.24. The average molecular weight is 518 g/mol. The van der Waals surface area contributed by atoms with Crippen molar-refractivity contribution in [1.29, 1.82) is 0 Å². The minimum absolute atomic E-state index is 0.0578. The van der Waals surface area contributed by atoms with Crippen molar-refractivity contribution < 1.29 is 18.9 Å². The maximum absolute atomic E-state index is 14.1. The summed E-state index contributed by atoms with van der Waals surface area (Å²) >= 11 is 1.17. The lowest BCUT2D eigenvalue weighted by molar-refractivity contribution is -0.384. The van der Waals surface area contributed by atoms with Gasteiger partial charge in [0.25, 0.3) is 17.5 Å². The Kier molecular flexibility index (Phi) is 6.96. The van der Waals surface area contributed by atoms with Crippen molar-refractivity contribution in [2.45, 2.75) is 25.8 Å². The summed E-state index contributed by atoms with van der Waals surface area (Å²) in [5, 5.41) is 14.4. The summed E-state index contributed by atoms with van der Waals surface area (Å²) in [6.45, 7) is 1.43. The molecule has 9 heteroatoms. The molecule has 1 N–H and O–H groups in total. The van der Waals surface area contributed by atoms with E-state index in [1.807, 2.05) is 12.1 Å². The molecule has 2 amide bonds. The van der Waals surface area contributed by atoms with Gasteiger partial charge >= 0.3 is 0 Å². The van der Waals surface area contributed by atoms with Crippen LogP contribution in [0, 0.1) is 15.9 Å². The molecule has 0 fully saturated rings. The molecule has 0 atom stereocenters. The second-order valence-electron chi connectivity index (χ2n) is 9.01. The Morgan fingerprint density at radius 1 is 1.05 bits per heavy atom. The van der Waals surface area contributed by atoms with Gasteiger partial charge in [-0.05, 0) is 65.6 Å². The van der Waals surface area contributed by atoms with Gasteiger partial charge in [-0.25, -0.2) is 4.39 Å². The van der Waals surface area contributed by atoms with Crippen molar-refractivity contribution in [2.75, 3.05) is 13.1 Å². The monoisotopic (exact) mass is 517 g/mol. The maximum Gasteiger partial charge on any atom is 0.269 e. The number of aryl methyl sites for hydroxylation is 1. The number of nitro benzene ring substituents is 1. The molecule has 5 rings (SSSR count). The Hall–Kier alpha value is -4.11. The molecule has 2 heterocycles. The normalized spacial score (nSPS) is 12.8. The van der Waals surface area contributed by atoms with E-state index < -0.39 is 4.92 Å². The van der Waals surface area contributed by atoms with Crippen molar-refractivity contribution in [3.8, 4) is 0 Å². The first kappa shape index (κ1) is 24.6. The van der Waals surface area contributed by atoms with Crippen LogP contribution in [0.3, 0.4) is 0 Å². The van der Waals surface area contributed by atoms with Crippen LogP contribution in [0.1, 0.15) is 43.1 Å². The average Bonchev–Trinajstić information content (AvgIpc) is 3.36. The summed E-state index contributed by atoms with van der Waals surface area (Å²) < 4.78 is 14.6. The number of carbonyl (C=O) groups excluding carboxylic acids is 2. The number of non-ortho nitro benzene ring substituents is 1. The molecule has 0 aliphatic carbocycles. The molecule has 1 aromatic heterocycles. The fraction of sp³-hybridized carbons (Fsp3) is 0.214. The van der Waals surface area contributed by atoms with Crippen molar-refractivity contribution in [3.63, 3.8) is 0 Å². The van der Waals surface area contributed by atoms with E-state index in [2.05, 4.69) is 5.32 Å². The summed E-state index contributed by atoms with van der Waals surface area (Å²) in [5.74, 6) is -0.642. The molecule has 1 aliphatic heterocycles. The maximum atomic E-state index is 14.1. The van der Waals surface area contributed by atoms with Crippen LogP contribution in [0.5, 0.6) is 0 Å². The fourth-order valence-corrected chi connectivity index (χ4v) is 5.57. The van der Waals surface area contributed by atoms with Gasteiger partial charge in [-0.15, -0.1) is 11.3 Å². The quantitative estimate of drug-likeness (QED) is 0.199. The summed E-state index contributed by atoms with van der Waals surface area (Å²) in [6.07, 6.45) is 2.09. The lowest BCUT2D eigenvalue weighted by Gasteiger charge is -2.29. The minimum Gasteiger partial charge on any atom is -0.352 e. The zero-order valence-electron chi connectivity index (χ0n) is 19.9. The van der Waals surface area contributed by atoms with Gasteiger partial charge in [-0.1, -0.05) is 30.3 Å². The number of hydrogen-bond donors (Lipinski definition) is 1. The first-order valence-electron chi connectivity index (χ1n) is 12.0. The van der Waals surface area contributed by atoms with Crippen LogP contribution >= 0.6 is 11.3 Å². The van der Waals surface area contributed by atoms with Crippen LogP contribution in [-0.2, 0) is 19.4 Å². The molecule has 4 aromatic rings. The number of thiophene rings is 1. The molecule has 188 valence electrons. The molecule has 0 bridgehead atoms. The Labute approximate surface area is 216 Å². The predicted molar refractivity (Wildman–Crippen MR) is 140 cm³/mol. The lowest BCUT2D eigenvalue weighted by Crippen LogP contribution is -2.35. The Balaban J connectivity index is 1.18. The molecule has 7 nitrogen and oxygen atoms in total. The van der Waals surface area contributed by atoms with Crippen molar-refractivity contribution in [3.05, 3.63) is 110 Å². The first-order valence-corrected chi connectivity index (χ1v) is 12.8. The molecule has 1 aliphatic rings. The number of carbonyl (C=O) groups is 2. The third-order valence-electron chi connectivity index (χ3n) is 6.55. The van der Waals surface area contributed by atoms with Crippen LogP contribution in [0.25, 0.3) is 10.1 Å². The Morgan fingerprint density at radius 3 is 2.62 bits per heavy atom. The van der Waals surface area contributed by atoms with Crippen molar-refractivity contribution >= 4 is 38.9 Å². The van der Waals surface area contributed by atoms with Gasteiger partial charge in [-0.2, -0.15) is 0 Å². The van der Waals surface area contributed by atoms with E-state index in [1.165, 1.54) is 29.5 Å². The number of fused-ring (bicyclic) bond motifs is 2. The van der Waals surface area contributed by atoms with E-state index in [-0.39, 0.29) is 23.3 Å². The van der Waals surface area contributed by atoms with Crippen LogP contribution in [0.2, 0.25) is 0 Å². The number of halogens is 1. The Bertz CT molecular complexity index is 1500. The van der Waals surface area contributed by atoms with Gasteiger partial charge in [0.1, 0.15) is 5.82 Å². The third kappa shape index (κ3) is 5.36. The predicted octanol–water partition coefficient (Wildman–Crippen LogP) is 5.51. The molecule has 37 heavy (non-hydrogen) atoms. The lowest BCUT2D eigenvalue weighted by atomic mass is 9.97. The number of benzene rings is 3. The van der Waals surface area contributed by atoms with Gasteiger partial charge in [0.2, 0.25) is 0 Å². The van der Waals surface area contributed by atoms with Crippen LogP contribution < -0.4 is 5.32 Å². The number of rotatable bonds is 7. The van der Waals surface area contributed by atoms with Crippen LogP contribution in [0.15, 0.2) is 66.7 Å². The van der Waals surface area contributed by atoms with Gasteiger partial charge in [0.15, 0.2) is 0 Å². The second-order valence-corrected chi connectivity index (χ2v) is 10.1. The van der Waals surface area contributed by atoms with Gasteiger partial charge < -0.3 is 10.2 Å². The summed E-state index contributed by atoms with van der Waals surface area (Å²) in [7, 11) is 0. The van der Waals surface area contributed by atoms with E-state index in [0.717, 1.165) is 22.1 Å². The number of nitrogens with zero attached hydrogens (tertiary/aromatic N) is 2. The topological polar surface area (TPSA) is 92.5 Å². The second kappa shape index (κ2) is 10.5. The summed E-state index contributed by atoms with van der Waals surface area (Å²) in [4.78, 5) is 38.5. The highest BCUT2D eigenvalue weighted by molar-refractivity contribution is 7.20. The fourth-order valence-electron chi connectivity index (χ4n) is 4.54. The van der Waals surface area contributed by atoms with E-state index in [9.17, 15) is 24.1 Å². The van der Waals surface area contributed by atoms with E-state index in [0.29, 0.717) is 54.0 Å². The van der Waals surface area contributed by atoms with Gasteiger partial charge in [0, 0.05) is 37.3 Å². The molecule has 0 saturated carbocycles. The number of amides is 2. The molecule has 0 unspecified atom stereocenters. The van der Waals surface area contributed by atoms with Crippen LogP contribution in [-0.4, -0.2) is 34.7 Å². The minimum atomic E-state index is -0.428. The standard InChI is InChI=1S/C28H24FN3O4S/c29-24-5-1-4-20-16-25(37-26(20)24)28(34)31-14-12-19-8-9-21(15-22(19)17-31)27(33)30-13-2-3-18-6-10-23(11-7-18)32(35)36/h1,4-11,15-16H,2-3,12-14,17H2,(H,30,33). The summed E-state index contributed by atoms with van der Waals surface area (Å²) in [6, 6.07) is 18.6. The molecule has 0 spiro atoms. The third-order valence-corrected chi connectivity index (χ3v) is 7.70. The van der Waals surface area contributed by atoms with E-state index in [4.69, 9.17) is 0 Å². The summed E-state index contributed by atoms with van der Waals surface area (Å²) in [5.41, 5.74) is 3.61. The van der Waals surface area contributed by atoms with E-state index in [1.54, 1.807) is 41.3 Å². The number of hydrogen-bond acceptors (Lipinski definition) is 5. The molecular formula is C28H24FN3O4S. The van der Waals surface area contributed by atoms with Gasteiger partial charge in [0.05, 0.1) is 14.5 Å². The van der Waals surface area contributed by atoms with E-state index >= 15 is 0 Å². The molecule has 0 saturated heterocycles. The SMILES string of the molecule is O=C(NCCCc1ccc([N+](=O)[O-])cc1)c1ccc2c(c1)CN(C(=O)c1cc3cccc(F)c3s1)CC2. The zero-order valence-corrected chi connectivity index (χ0v) is 20.7. The van der Waals surface area contributed by atoms with Crippen molar-refractivity contribution in [1.82, 2.24) is 10.2 Å². The molecular weight excluding hydrogens is 493 g/mol. The highest BCUT2D eigenvalue weighted by atomic mass is 32.1. The largest absolute Gasteiger partial charge is 0.352 e.